The van der Waals surface area contributed by atoms with Crippen LogP contribution in [-0.4, -0.2) is 23.1 Å². The molecule has 4 heteroatoms. The van der Waals surface area contributed by atoms with E-state index in [1.165, 1.54) is 19.3 Å². The second-order valence-corrected chi connectivity index (χ2v) is 4.88. The first-order chi connectivity index (χ1) is 7.33. The Morgan fingerprint density at radius 1 is 1.27 bits per heavy atom. The lowest BCUT2D eigenvalue weighted by atomic mass is 10.0. The topological polar surface area (TPSA) is 29.0 Å². The summed E-state index contributed by atoms with van der Waals surface area (Å²) >= 11 is 5.80. The average molecular weight is 224 g/mol. The van der Waals surface area contributed by atoms with E-state index in [9.17, 15) is 0 Å². The maximum atomic E-state index is 5.80. The minimum Gasteiger partial charge on any atom is -0.356 e. The van der Waals surface area contributed by atoms with Crippen LogP contribution in [0.4, 0.5) is 5.82 Å². The van der Waals surface area contributed by atoms with Crippen molar-refractivity contribution in [1.82, 2.24) is 9.97 Å². The predicted molar refractivity (Wildman–Crippen MR) is 60.1 cm³/mol. The molecule has 2 heterocycles. The van der Waals surface area contributed by atoms with Gasteiger partial charge < -0.3 is 4.90 Å². The van der Waals surface area contributed by atoms with Crippen molar-refractivity contribution in [3.8, 4) is 0 Å². The lowest BCUT2D eigenvalue weighted by molar-refractivity contribution is 0.494. The van der Waals surface area contributed by atoms with E-state index in [1.807, 2.05) is 6.07 Å². The Hall–Kier alpha value is -0.830. The van der Waals surface area contributed by atoms with Crippen molar-refractivity contribution in [3.05, 3.63) is 17.5 Å². The standard InChI is InChI=1S/C11H14ClN3/c12-11-13-5-4-10(14-11)15-6-8-2-1-3-9(8)7-15/h4-5,8-9H,1-3,6-7H2/t8-,9-/m1/s1. The van der Waals surface area contributed by atoms with Crippen molar-refractivity contribution < 1.29 is 0 Å². The van der Waals surface area contributed by atoms with E-state index in [2.05, 4.69) is 14.9 Å². The molecule has 2 fully saturated rings. The molecular formula is C11H14ClN3. The van der Waals surface area contributed by atoms with Crippen molar-refractivity contribution in [3.63, 3.8) is 0 Å². The molecule has 1 aromatic heterocycles. The maximum Gasteiger partial charge on any atom is 0.224 e. The first-order valence-corrected chi connectivity index (χ1v) is 5.94. The van der Waals surface area contributed by atoms with Gasteiger partial charge in [0.25, 0.3) is 0 Å². The van der Waals surface area contributed by atoms with E-state index in [-0.39, 0.29) is 0 Å². The van der Waals surface area contributed by atoms with E-state index in [0.717, 1.165) is 30.7 Å². The van der Waals surface area contributed by atoms with Crippen LogP contribution in [0.2, 0.25) is 5.28 Å². The van der Waals surface area contributed by atoms with Crippen LogP contribution in [0.3, 0.4) is 0 Å². The summed E-state index contributed by atoms with van der Waals surface area (Å²) < 4.78 is 0. The Bertz CT molecular complexity index is 357. The summed E-state index contributed by atoms with van der Waals surface area (Å²) in [5.74, 6) is 2.77. The first-order valence-electron chi connectivity index (χ1n) is 5.56. The van der Waals surface area contributed by atoms with Gasteiger partial charge in [0.05, 0.1) is 0 Å². The van der Waals surface area contributed by atoms with Crippen LogP contribution in [0.1, 0.15) is 19.3 Å². The molecule has 2 aliphatic rings. The van der Waals surface area contributed by atoms with E-state index in [0.29, 0.717) is 5.28 Å². The van der Waals surface area contributed by atoms with Crippen LogP contribution in [0.15, 0.2) is 12.3 Å². The SMILES string of the molecule is Clc1nccc(N2C[C@H]3CCC[C@@H]3C2)n1. The quantitative estimate of drug-likeness (QED) is 0.685. The number of halogens is 1. The van der Waals surface area contributed by atoms with Gasteiger partial charge in [-0.25, -0.2) is 9.97 Å². The fourth-order valence-corrected chi connectivity index (χ4v) is 3.07. The van der Waals surface area contributed by atoms with Crippen LogP contribution in [0.5, 0.6) is 0 Å². The lowest BCUT2D eigenvalue weighted by Gasteiger charge is -2.17. The molecule has 0 unspecified atom stereocenters. The van der Waals surface area contributed by atoms with Gasteiger partial charge in [-0.1, -0.05) is 6.42 Å². The van der Waals surface area contributed by atoms with Crippen LogP contribution >= 0.6 is 11.6 Å². The molecule has 2 atom stereocenters. The van der Waals surface area contributed by atoms with Gasteiger partial charge in [-0.2, -0.15) is 0 Å². The summed E-state index contributed by atoms with van der Waals surface area (Å²) in [6.45, 7) is 2.30. The summed E-state index contributed by atoms with van der Waals surface area (Å²) in [5.41, 5.74) is 0. The van der Waals surface area contributed by atoms with Gasteiger partial charge >= 0.3 is 0 Å². The monoisotopic (exact) mass is 223 g/mol. The van der Waals surface area contributed by atoms with Crippen molar-refractivity contribution in [2.24, 2.45) is 11.8 Å². The first kappa shape index (κ1) is 9.40. The molecule has 1 saturated heterocycles. The Kier molecular flexibility index (Phi) is 2.28. The number of aromatic nitrogens is 2. The highest BCUT2D eigenvalue weighted by Gasteiger charge is 2.36. The fraction of sp³-hybridized carbons (Fsp3) is 0.636. The van der Waals surface area contributed by atoms with Gasteiger partial charge in [-0.05, 0) is 42.3 Å². The molecule has 0 N–H and O–H groups in total. The lowest BCUT2D eigenvalue weighted by Crippen LogP contribution is -2.21. The van der Waals surface area contributed by atoms with Crippen LogP contribution in [0, 0.1) is 11.8 Å². The fourth-order valence-electron chi connectivity index (χ4n) is 2.92. The zero-order valence-corrected chi connectivity index (χ0v) is 9.32. The second kappa shape index (κ2) is 3.63. The van der Waals surface area contributed by atoms with Crippen molar-refractivity contribution in [2.75, 3.05) is 18.0 Å². The maximum absolute atomic E-state index is 5.80. The summed E-state index contributed by atoms with van der Waals surface area (Å²) in [7, 11) is 0. The second-order valence-electron chi connectivity index (χ2n) is 4.54. The summed E-state index contributed by atoms with van der Waals surface area (Å²) in [5, 5.41) is 0.351. The van der Waals surface area contributed by atoms with E-state index in [1.54, 1.807) is 6.20 Å². The molecule has 80 valence electrons. The molecule has 0 radical (unpaired) electrons. The number of rotatable bonds is 1. The number of anilines is 1. The molecule has 15 heavy (non-hydrogen) atoms. The molecule has 3 nitrogen and oxygen atoms in total. The predicted octanol–water partition coefficient (Wildman–Crippen LogP) is 2.37. The largest absolute Gasteiger partial charge is 0.356 e. The molecule has 1 saturated carbocycles. The molecule has 0 bridgehead atoms. The average Bonchev–Trinajstić information content (AvgIpc) is 2.76. The Balaban J connectivity index is 1.79. The third kappa shape index (κ3) is 1.69. The van der Waals surface area contributed by atoms with Crippen LogP contribution in [0.25, 0.3) is 0 Å². The highest BCUT2D eigenvalue weighted by molar-refractivity contribution is 6.28. The van der Waals surface area contributed by atoms with Gasteiger partial charge in [0, 0.05) is 19.3 Å². The van der Waals surface area contributed by atoms with Crippen molar-refractivity contribution >= 4 is 17.4 Å². The Labute approximate surface area is 94.5 Å². The van der Waals surface area contributed by atoms with Crippen molar-refractivity contribution in [2.45, 2.75) is 19.3 Å². The minimum absolute atomic E-state index is 0.351. The highest BCUT2D eigenvalue weighted by atomic mass is 35.5. The van der Waals surface area contributed by atoms with Crippen molar-refractivity contribution in [1.29, 1.82) is 0 Å². The van der Waals surface area contributed by atoms with Gasteiger partial charge in [-0.15, -0.1) is 0 Å². The van der Waals surface area contributed by atoms with E-state index >= 15 is 0 Å². The third-order valence-electron chi connectivity index (χ3n) is 3.66. The molecule has 1 aromatic rings. The molecule has 0 aromatic carbocycles. The number of hydrogen-bond acceptors (Lipinski definition) is 3. The summed E-state index contributed by atoms with van der Waals surface area (Å²) in [6, 6.07) is 1.95. The van der Waals surface area contributed by atoms with Crippen LogP contribution in [-0.2, 0) is 0 Å². The van der Waals surface area contributed by atoms with Gasteiger partial charge in [0.2, 0.25) is 5.28 Å². The number of nitrogens with zero attached hydrogens (tertiary/aromatic N) is 3. The van der Waals surface area contributed by atoms with E-state index < -0.39 is 0 Å². The molecule has 0 spiro atoms. The molecule has 1 aliphatic carbocycles. The van der Waals surface area contributed by atoms with Crippen LogP contribution < -0.4 is 4.90 Å². The molecule has 3 rings (SSSR count). The Morgan fingerprint density at radius 3 is 2.67 bits per heavy atom. The molecule has 1 aliphatic heterocycles. The van der Waals surface area contributed by atoms with Gasteiger partial charge in [-0.3, -0.25) is 0 Å². The third-order valence-corrected chi connectivity index (χ3v) is 3.84. The number of hydrogen-bond donors (Lipinski definition) is 0. The number of fused-ring (bicyclic) bond motifs is 1. The summed E-state index contributed by atoms with van der Waals surface area (Å²) in [6.07, 6.45) is 5.92. The molecule has 0 amide bonds. The smallest absolute Gasteiger partial charge is 0.224 e. The molecular weight excluding hydrogens is 210 g/mol. The van der Waals surface area contributed by atoms with Gasteiger partial charge in [0.1, 0.15) is 5.82 Å². The minimum atomic E-state index is 0.351. The Morgan fingerprint density at radius 2 is 2.00 bits per heavy atom. The highest BCUT2D eigenvalue weighted by Crippen LogP contribution is 2.39. The van der Waals surface area contributed by atoms with Gasteiger partial charge in [0.15, 0.2) is 0 Å². The van der Waals surface area contributed by atoms with E-state index in [4.69, 9.17) is 11.6 Å². The zero-order valence-electron chi connectivity index (χ0n) is 8.56. The summed E-state index contributed by atoms with van der Waals surface area (Å²) in [4.78, 5) is 10.5. The normalized spacial score (nSPS) is 29.5. The zero-order chi connectivity index (χ0) is 10.3.